The standard InChI is InChI=1S/C27H27ClF3N9O2/c1-32-24-22-20(12-35-40(22)7-5-33-24)42-19-11-34-25-23(21(19)28)38(2)26(37-25)36-17-9-15(8-16(10-17)27(29,30)31)13-39-6-4-18(14-39)41-3/h5,7-12,18H,4,6,13-14H2,1-3H3,(H,32,33)(H,34,36,37)/t18-/m1/s1. The van der Waals surface area contributed by atoms with Gasteiger partial charge in [-0.05, 0) is 30.2 Å². The molecule has 15 heteroatoms. The van der Waals surface area contributed by atoms with E-state index in [0.717, 1.165) is 19.0 Å². The number of aryl methyl sites for hydroxylation is 1. The molecule has 0 bridgehead atoms. The summed E-state index contributed by atoms with van der Waals surface area (Å²) < 4.78 is 56.2. The van der Waals surface area contributed by atoms with Crippen LogP contribution in [0.5, 0.6) is 11.5 Å². The first kappa shape index (κ1) is 28.0. The Morgan fingerprint density at radius 3 is 2.69 bits per heavy atom. The van der Waals surface area contributed by atoms with E-state index in [1.165, 1.54) is 18.5 Å². The molecule has 0 unspecified atom stereocenters. The third kappa shape index (κ3) is 5.28. The topological polar surface area (TPSA) is 107 Å². The van der Waals surface area contributed by atoms with Crippen molar-refractivity contribution in [2.75, 3.05) is 37.9 Å². The molecule has 42 heavy (non-hydrogen) atoms. The Bertz CT molecular complexity index is 1770. The minimum atomic E-state index is -4.52. The van der Waals surface area contributed by atoms with Gasteiger partial charge in [0.25, 0.3) is 0 Å². The second-order valence-corrected chi connectivity index (χ2v) is 10.3. The summed E-state index contributed by atoms with van der Waals surface area (Å²) in [4.78, 5) is 15.2. The summed E-state index contributed by atoms with van der Waals surface area (Å²) in [6, 6.07) is 3.93. The van der Waals surface area contributed by atoms with Crippen LogP contribution >= 0.6 is 11.6 Å². The molecule has 5 heterocycles. The third-order valence-corrected chi connectivity index (χ3v) is 7.57. The van der Waals surface area contributed by atoms with Crippen LogP contribution in [0.4, 0.5) is 30.6 Å². The SMILES string of the molecule is CNc1nccn2ncc(Oc3cnc4nc(Nc5cc(CN6CC[C@@H](OC)C6)cc(C(F)(F)F)c5)n(C)c4c3Cl)c12. The second kappa shape index (κ2) is 10.9. The Balaban J connectivity index is 1.31. The number of likely N-dealkylation sites (tertiary alicyclic amines) is 1. The zero-order valence-corrected chi connectivity index (χ0v) is 23.7. The van der Waals surface area contributed by atoms with E-state index >= 15 is 0 Å². The molecule has 0 saturated carbocycles. The molecule has 5 aromatic rings. The van der Waals surface area contributed by atoms with E-state index < -0.39 is 11.7 Å². The molecular weight excluding hydrogens is 575 g/mol. The van der Waals surface area contributed by atoms with Gasteiger partial charge in [0, 0.05) is 58.9 Å². The van der Waals surface area contributed by atoms with Crippen molar-refractivity contribution >= 4 is 45.7 Å². The molecule has 2 N–H and O–H groups in total. The van der Waals surface area contributed by atoms with Crippen molar-refractivity contribution in [1.82, 2.24) is 34.0 Å². The van der Waals surface area contributed by atoms with Crippen LogP contribution in [0.2, 0.25) is 5.02 Å². The summed E-state index contributed by atoms with van der Waals surface area (Å²) in [5, 5.41) is 10.5. The van der Waals surface area contributed by atoms with Crippen LogP contribution in [-0.2, 0) is 24.5 Å². The number of hydrogen-bond acceptors (Lipinski definition) is 9. The van der Waals surface area contributed by atoms with Gasteiger partial charge in [-0.1, -0.05) is 11.6 Å². The van der Waals surface area contributed by atoms with Gasteiger partial charge in [-0.2, -0.15) is 23.3 Å². The van der Waals surface area contributed by atoms with Crippen LogP contribution < -0.4 is 15.4 Å². The fourth-order valence-corrected chi connectivity index (χ4v) is 5.43. The first-order chi connectivity index (χ1) is 20.1. The van der Waals surface area contributed by atoms with Crippen LogP contribution in [0.3, 0.4) is 0 Å². The highest BCUT2D eigenvalue weighted by atomic mass is 35.5. The zero-order valence-electron chi connectivity index (χ0n) is 22.9. The minimum Gasteiger partial charge on any atom is -0.450 e. The number of rotatable bonds is 8. The van der Waals surface area contributed by atoms with Crippen LogP contribution in [-0.4, -0.2) is 67.4 Å². The molecule has 1 fully saturated rings. The lowest BCUT2D eigenvalue weighted by Crippen LogP contribution is -2.22. The van der Waals surface area contributed by atoms with E-state index in [-0.39, 0.29) is 28.5 Å². The molecule has 1 saturated heterocycles. The number of hydrogen-bond donors (Lipinski definition) is 2. The van der Waals surface area contributed by atoms with Gasteiger partial charge in [-0.15, -0.1) is 0 Å². The van der Waals surface area contributed by atoms with Crippen LogP contribution in [0.15, 0.2) is 43.0 Å². The molecule has 220 valence electrons. The molecule has 1 aliphatic heterocycles. The van der Waals surface area contributed by atoms with Gasteiger partial charge in [0.15, 0.2) is 28.5 Å². The molecule has 0 radical (unpaired) electrons. The van der Waals surface area contributed by atoms with Crippen molar-refractivity contribution in [3.63, 3.8) is 0 Å². The minimum absolute atomic E-state index is 0.0781. The van der Waals surface area contributed by atoms with Gasteiger partial charge >= 0.3 is 6.18 Å². The summed E-state index contributed by atoms with van der Waals surface area (Å²) in [5.41, 5.74) is 1.36. The van der Waals surface area contributed by atoms with Crippen molar-refractivity contribution in [2.45, 2.75) is 25.2 Å². The van der Waals surface area contributed by atoms with Crippen LogP contribution in [0.1, 0.15) is 17.5 Å². The maximum atomic E-state index is 13.8. The highest BCUT2D eigenvalue weighted by molar-refractivity contribution is 6.36. The molecule has 0 spiro atoms. The smallest absolute Gasteiger partial charge is 0.416 e. The number of anilines is 3. The number of fused-ring (bicyclic) bond motifs is 2. The molecule has 1 atom stereocenters. The Hall–Kier alpha value is -4.14. The molecule has 4 aromatic heterocycles. The Labute approximate surface area is 243 Å². The Morgan fingerprint density at radius 2 is 1.95 bits per heavy atom. The lowest BCUT2D eigenvalue weighted by Gasteiger charge is -2.18. The average molecular weight is 602 g/mol. The fraction of sp³-hybridized carbons (Fsp3) is 0.333. The number of pyridine rings is 1. The van der Waals surface area contributed by atoms with Gasteiger partial charge < -0.3 is 24.7 Å². The first-order valence-electron chi connectivity index (χ1n) is 13.1. The van der Waals surface area contributed by atoms with Crippen LogP contribution in [0, 0.1) is 0 Å². The quantitative estimate of drug-likeness (QED) is 0.239. The van der Waals surface area contributed by atoms with Crippen molar-refractivity contribution in [2.24, 2.45) is 7.05 Å². The number of halogens is 4. The zero-order chi connectivity index (χ0) is 29.6. The molecule has 0 aliphatic carbocycles. The first-order valence-corrected chi connectivity index (χ1v) is 13.4. The van der Waals surface area contributed by atoms with Crippen molar-refractivity contribution in [3.8, 4) is 11.5 Å². The Kier molecular flexibility index (Phi) is 7.29. The predicted octanol–water partition coefficient (Wildman–Crippen LogP) is 5.48. The summed E-state index contributed by atoms with van der Waals surface area (Å²) in [5.74, 6) is 1.48. The van der Waals surface area contributed by atoms with E-state index in [1.807, 2.05) is 0 Å². The summed E-state index contributed by atoms with van der Waals surface area (Å²) in [6.07, 6.45) is 2.67. The maximum Gasteiger partial charge on any atom is 0.416 e. The van der Waals surface area contributed by atoms with Gasteiger partial charge in [-0.3, -0.25) is 4.90 Å². The molecule has 1 aromatic carbocycles. The molecular formula is C27H27ClF3N9O2. The Morgan fingerprint density at radius 1 is 1.12 bits per heavy atom. The van der Waals surface area contributed by atoms with E-state index in [1.54, 1.807) is 48.7 Å². The van der Waals surface area contributed by atoms with Crippen molar-refractivity contribution < 1.29 is 22.6 Å². The number of alkyl halides is 3. The lowest BCUT2D eigenvalue weighted by molar-refractivity contribution is -0.137. The number of imidazole rings is 1. The molecule has 0 amide bonds. The summed E-state index contributed by atoms with van der Waals surface area (Å²) in [6.45, 7) is 1.78. The van der Waals surface area contributed by atoms with E-state index in [0.29, 0.717) is 46.9 Å². The van der Waals surface area contributed by atoms with Crippen molar-refractivity contribution in [1.29, 1.82) is 0 Å². The maximum absolute atomic E-state index is 13.8. The van der Waals surface area contributed by atoms with E-state index in [4.69, 9.17) is 21.1 Å². The largest absolute Gasteiger partial charge is 0.450 e. The summed E-state index contributed by atoms with van der Waals surface area (Å²) >= 11 is 6.76. The van der Waals surface area contributed by atoms with Crippen LogP contribution in [0.25, 0.3) is 16.7 Å². The van der Waals surface area contributed by atoms with E-state index in [2.05, 4.69) is 35.6 Å². The molecule has 6 rings (SSSR count). The van der Waals surface area contributed by atoms with Gasteiger partial charge in [-0.25, -0.2) is 14.5 Å². The predicted molar refractivity (Wildman–Crippen MR) is 152 cm³/mol. The van der Waals surface area contributed by atoms with Crippen molar-refractivity contribution in [3.05, 3.63) is 59.1 Å². The van der Waals surface area contributed by atoms with E-state index in [9.17, 15) is 13.2 Å². The number of methoxy groups -OCH3 is 1. The third-order valence-electron chi connectivity index (χ3n) is 7.20. The lowest BCUT2D eigenvalue weighted by atomic mass is 10.1. The molecule has 11 nitrogen and oxygen atoms in total. The van der Waals surface area contributed by atoms with Gasteiger partial charge in [0.1, 0.15) is 10.5 Å². The number of nitrogens with one attached hydrogen (secondary N) is 2. The van der Waals surface area contributed by atoms with Gasteiger partial charge in [0.2, 0.25) is 5.95 Å². The fourth-order valence-electron chi connectivity index (χ4n) is 5.13. The number of ether oxygens (including phenoxy) is 2. The highest BCUT2D eigenvalue weighted by Gasteiger charge is 2.32. The number of benzene rings is 1. The number of aromatic nitrogens is 6. The highest BCUT2D eigenvalue weighted by Crippen LogP contribution is 2.38. The van der Waals surface area contributed by atoms with Gasteiger partial charge in [0.05, 0.1) is 24.1 Å². The number of nitrogens with zero attached hydrogens (tertiary/aromatic N) is 7. The second-order valence-electron chi connectivity index (χ2n) is 9.96. The average Bonchev–Trinajstić information content (AvgIpc) is 3.67. The normalized spacial score (nSPS) is 16.0. The monoisotopic (exact) mass is 601 g/mol. The summed E-state index contributed by atoms with van der Waals surface area (Å²) in [7, 11) is 5.07. The molecule has 1 aliphatic rings.